The minimum absolute atomic E-state index is 0. The summed E-state index contributed by atoms with van der Waals surface area (Å²) in [5.41, 5.74) is 0. The molecule has 2 N–H and O–H groups in total. The number of nitrogens with one attached hydrogen (secondary N) is 2. The molecule has 1 aliphatic heterocycles. The Morgan fingerprint density at radius 1 is 1.19 bits per heavy atom. The van der Waals surface area contributed by atoms with Crippen LogP contribution in [0.3, 0.4) is 0 Å². The molecule has 0 unspecified atom stereocenters. The van der Waals surface area contributed by atoms with E-state index in [0.29, 0.717) is 12.5 Å². The molecule has 0 aromatic heterocycles. The molecule has 1 aliphatic rings. The maximum atomic E-state index is 12.3. The molecule has 7 nitrogen and oxygen atoms in total. The van der Waals surface area contributed by atoms with Crippen molar-refractivity contribution in [3.8, 4) is 0 Å². The van der Waals surface area contributed by atoms with Crippen LogP contribution in [0.2, 0.25) is 0 Å². The summed E-state index contributed by atoms with van der Waals surface area (Å²) in [4.78, 5) is 18.4. The number of amides is 1. The van der Waals surface area contributed by atoms with Gasteiger partial charge in [-0.1, -0.05) is 15.9 Å². The maximum absolute atomic E-state index is 12.3. The molecule has 0 bridgehead atoms. The smallest absolute Gasteiger partial charge is 0.244 e. The summed E-state index contributed by atoms with van der Waals surface area (Å²) >= 11 is 3.29. The highest BCUT2D eigenvalue weighted by molar-refractivity contribution is 14.0. The van der Waals surface area contributed by atoms with Gasteiger partial charge in [-0.15, -0.1) is 24.0 Å². The summed E-state index contributed by atoms with van der Waals surface area (Å²) in [7, 11) is -3.37. The number of rotatable bonds is 7. The predicted octanol–water partition coefficient (Wildman–Crippen LogP) is 2.02. The van der Waals surface area contributed by atoms with Crippen molar-refractivity contribution in [2.45, 2.75) is 24.7 Å². The standard InChI is InChI=1S/C17H25BrN4O3S.HI/c1-2-19-17(21-13-16(23)22-10-3-4-11-22)20-9-12-26(24,25)15-7-5-14(18)6-8-15;/h5-8H,2-4,9-13H2,1H3,(H2,19,20,21);1H. The van der Waals surface area contributed by atoms with Crippen LogP contribution in [0.15, 0.2) is 38.6 Å². The first-order valence-electron chi connectivity index (χ1n) is 8.70. The van der Waals surface area contributed by atoms with Gasteiger partial charge >= 0.3 is 0 Å². The summed E-state index contributed by atoms with van der Waals surface area (Å²) in [6.45, 7) is 4.41. The zero-order valence-corrected chi connectivity index (χ0v) is 20.0. The van der Waals surface area contributed by atoms with Crippen molar-refractivity contribution in [2.24, 2.45) is 4.99 Å². The number of guanidine groups is 1. The van der Waals surface area contributed by atoms with Crippen molar-refractivity contribution in [3.63, 3.8) is 0 Å². The number of aliphatic imine (C=N–C) groups is 1. The number of halogens is 2. The van der Waals surface area contributed by atoms with E-state index in [-0.39, 0.29) is 53.6 Å². The van der Waals surface area contributed by atoms with Crippen LogP contribution in [0.25, 0.3) is 0 Å². The van der Waals surface area contributed by atoms with Crippen molar-refractivity contribution < 1.29 is 13.2 Å². The summed E-state index contributed by atoms with van der Waals surface area (Å²) in [5, 5.41) is 6.01. The Bertz CT molecular complexity index is 735. The molecule has 0 aliphatic carbocycles. The molecule has 10 heteroatoms. The van der Waals surface area contributed by atoms with Crippen LogP contribution in [-0.4, -0.2) is 63.7 Å². The molecule has 1 fully saturated rings. The van der Waals surface area contributed by atoms with Crippen LogP contribution in [0, 0.1) is 0 Å². The second kappa shape index (κ2) is 11.8. The average molecular weight is 573 g/mol. The molecule has 0 radical (unpaired) electrons. The van der Waals surface area contributed by atoms with Crippen molar-refractivity contribution >= 4 is 61.6 Å². The van der Waals surface area contributed by atoms with E-state index in [1.54, 1.807) is 24.3 Å². The minimum Gasteiger partial charge on any atom is -0.357 e. The third-order valence-corrected chi connectivity index (χ3v) is 6.27. The molecule has 1 saturated heterocycles. The number of carbonyl (C=O) groups excluding carboxylic acids is 1. The molecule has 1 amide bonds. The van der Waals surface area contributed by atoms with Gasteiger partial charge in [0.15, 0.2) is 15.8 Å². The Morgan fingerprint density at radius 3 is 2.41 bits per heavy atom. The van der Waals surface area contributed by atoms with Crippen molar-refractivity contribution in [3.05, 3.63) is 28.7 Å². The van der Waals surface area contributed by atoms with E-state index in [0.717, 1.165) is 30.4 Å². The van der Waals surface area contributed by atoms with Gasteiger partial charge in [0.05, 0.1) is 10.6 Å². The Morgan fingerprint density at radius 2 is 1.81 bits per heavy atom. The number of carbonyl (C=O) groups is 1. The fourth-order valence-corrected chi connectivity index (χ4v) is 4.04. The monoisotopic (exact) mass is 572 g/mol. The van der Waals surface area contributed by atoms with Crippen LogP contribution >= 0.6 is 39.9 Å². The highest BCUT2D eigenvalue weighted by Gasteiger charge is 2.17. The molecule has 1 heterocycles. The molecular weight excluding hydrogens is 547 g/mol. The lowest BCUT2D eigenvalue weighted by molar-refractivity contribution is -0.128. The van der Waals surface area contributed by atoms with Crippen LogP contribution in [0.4, 0.5) is 0 Å². The molecular formula is C17H26BrIN4O3S. The third-order valence-electron chi connectivity index (χ3n) is 4.01. The van der Waals surface area contributed by atoms with E-state index in [1.165, 1.54) is 0 Å². The lowest BCUT2D eigenvalue weighted by atomic mass is 10.4. The Kier molecular flexibility index (Phi) is 10.6. The minimum atomic E-state index is -3.37. The predicted molar refractivity (Wildman–Crippen MR) is 121 cm³/mol. The molecule has 0 spiro atoms. The van der Waals surface area contributed by atoms with Crippen molar-refractivity contribution in [2.75, 3.05) is 38.5 Å². The summed E-state index contributed by atoms with van der Waals surface area (Å²) in [5.74, 6) is 0.396. The zero-order chi connectivity index (χ0) is 19.0. The molecule has 1 aromatic rings. The highest BCUT2D eigenvalue weighted by Crippen LogP contribution is 2.15. The Hall–Kier alpha value is -0.880. The van der Waals surface area contributed by atoms with E-state index in [4.69, 9.17) is 0 Å². The molecule has 152 valence electrons. The number of likely N-dealkylation sites (tertiary alicyclic amines) is 1. The van der Waals surface area contributed by atoms with E-state index in [1.807, 2.05) is 11.8 Å². The first-order valence-corrected chi connectivity index (χ1v) is 11.1. The Labute approximate surface area is 186 Å². The van der Waals surface area contributed by atoms with Gasteiger partial charge in [0.2, 0.25) is 5.91 Å². The lowest BCUT2D eigenvalue weighted by Gasteiger charge is -2.15. The quantitative estimate of drug-likeness (QED) is 0.296. The van der Waals surface area contributed by atoms with Crippen LogP contribution in [0.5, 0.6) is 0 Å². The van der Waals surface area contributed by atoms with Gasteiger partial charge < -0.3 is 15.5 Å². The third kappa shape index (κ3) is 7.94. The Balaban J connectivity index is 0.00000364. The first kappa shape index (κ1) is 24.2. The second-order valence-electron chi connectivity index (χ2n) is 5.98. The fraction of sp³-hybridized carbons (Fsp3) is 0.529. The summed E-state index contributed by atoms with van der Waals surface area (Å²) in [6, 6.07) is 6.56. The van der Waals surface area contributed by atoms with Crippen molar-refractivity contribution in [1.29, 1.82) is 0 Å². The van der Waals surface area contributed by atoms with Gasteiger partial charge in [-0.05, 0) is 44.0 Å². The number of sulfone groups is 1. The molecule has 0 saturated carbocycles. The first-order chi connectivity index (χ1) is 12.4. The highest BCUT2D eigenvalue weighted by atomic mass is 127. The van der Waals surface area contributed by atoms with E-state index >= 15 is 0 Å². The van der Waals surface area contributed by atoms with Gasteiger partial charge in [0.25, 0.3) is 0 Å². The molecule has 1 aromatic carbocycles. The van der Waals surface area contributed by atoms with E-state index < -0.39 is 9.84 Å². The number of nitrogens with zero attached hydrogens (tertiary/aromatic N) is 2. The SMILES string of the molecule is CCNC(=NCC(=O)N1CCCC1)NCCS(=O)(=O)c1ccc(Br)cc1.I. The van der Waals surface area contributed by atoms with E-state index in [9.17, 15) is 13.2 Å². The lowest BCUT2D eigenvalue weighted by Crippen LogP contribution is -2.40. The normalized spacial score (nSPS) is 14.6. The van der Waals surface area contributed by atoms with Gasteiger partial charge in [-0.2, -0.15) is 0 Å². The topological polar surface area (TPSA) is 90.9 Å². The maximum Gasteiger partial charge on any atom is 0.244 e. The molecule has 2 rings (SSSR count). The fourth-order valence-electron chi connectivity index (χ4n) is 2.62. The van der Waals surface area contributed by atoms with E-state index in [2.05, 4.69) is 31.6 Å². The van der Waals surface area contributed by atoms with Crippen molar-refractivity contribution in [1.82, 2.24) is 15.5 Å². The van der Waals surface area contributed by atoms with Gasteiger partial charge in [0.1, 0.15) is 6.54 Å². The summed E-state index contributed by atoms with van der Waals surface area (Å²) < 4.78 is 25.5. The zero-order valence-electron chi connectivity index (χ0n) is 15.3. The van der Waals surface area contributed by atoms with Crippen LogP contribution in [0.1, 0.15) is 19.8 Å². The second-order valence-corrected chi connectivity index (χ2v) is 9.01. The largest absolute Gasteiger partial charge is 0.357 e. The van der Waals surface area contributed by atoms with Crippen LogP contribution < -0.4 is 10.6 Å². The number of benzene rings is 1. The van der Waals surface area contributed by atoms with Crippen LogP contribution in [-0.2, 0) is 14.6 Å². The van der Waals surface area contributed by atoms with Gasteiger partial charge in [-0.25, -0.2) is 13.4 Å². The molecule has 0 atom stereocenters. The van der Waals surface area contributed by atoms with Gasteiger partial charge in [0, 0.05) is 30.7 Å². The number of hydrogen-bond acceptors (Lipinski definition) is 4. The average Bonchev–Trinajstić information content (AvgIpc) is 3.14. The van der Waals surface area contributed by atoms with Gasteiger partial charge in [-0.3, -0.25) is 4.79 Å². The summed E-state index contributed by atoms with van der Waals surface area (Å²) in [6.07, 6.45) is 2.09. The molecule has 27 heavy (non-hydrogen) atoms. The number of hydrogen-bond donors (Lipinski definition) is 2.